The fraction of sp³-hybridized carbons (Fsp3) is 0.533. The third-order valence-electron chi connectivity index (χ3n) is 4.18. The first-order chi connectivity index (χ1) is 12.0. The summed E-state index contributed by atoms with van der Waals surface area (Å²) in [6, 6.07) is 0. The summed E-state index contributed by atoms with van der Waals surface area (Å²) in [5.41, 5.74) is 12.1. The monoisotopic (exact) mass is 349 g/mol. The van der Waals surface area contributed by atoms with Crippen LogP contribution in [0, 0.1) is 6.92 Å². The van der Waals surface area contributed by atoms with Gasteiger partial charge >= 0.3 is 0 Å². The van der Waals surface area contributed by atoms with Gasteiger partial charge in [-0.25, -0.2) is 15.0 Å². The molecule has 1 aliphatic rings. The lowest BCUT2D eigenvalue weighted by Gasteiger charge is -2.18. The number of rotatable bonds is 6. The van der Waals surface area contributed by atoms with Gasteiger partial charge < -0.3 is 31.7 Å². The van der Waals surface area contributed by atoms with E-state index in [1.807, 2.05) is 12.2 Å². The number of ether oxygens (including phenoxy) is 1. The minimum absolute atomic E-state index is 0.254. The number of fused-ring (bicyclic) bond motifs is 1. The molecule has 0 amide bonds. The van der Waals surface area contributed by atoms with Gasteiger partial charge in [-0.3, -0.25) is 4.57 Å². The molecule has 10 heteroatoms. The molecule has 0 aromatic carbocycles. The molecule has 0 bridgehead atoms. The molecule has 10 nitrogen and oxygen atoms in total. The van der Waals surface area contributed by atoms with E-state index in [4.69, 9.17) is 16.2 Å². The number of nitrogens with zero attached hydrogens (tertiary/aromatic N) is 4. The molecule has 0 radical (unpaired) electrons. The fourth-order valence-corrected chi connectivity index (χ4v) is 2.94. The average Bonchev–Trinajstić information content (AvgIpc) is 3.06. The predicted octanol–water partition coefficient (Wildman–Crippen LogP) is -1.56. The molecular formula is C15H23N7O3. The molecule has 136 valence electrons. The number of nitrogen functional groups attached to an aromatic ring is 1. The first kappa shape index (κ1) is 17.7. The summed E-state index contributed by atoms with van der Waals surface area (Å²) in [6.07, 6.45) is 1.54. The predicted molar refractivity (Wildman–Crippen MR) is 91.5 cm³/mol. The van der Waals surface area contributed by atoms with E-state index in [9.17, 15) is 10.2 Å². The smallest absolute Gasteiger partial charge is 0.167 e. The van der Waals surface area contributed by atoms with Crippen LogP contribution in [0.4, 0.5) is 5.82 Å². The number of hydrogen-bond donors (Lipinski definition) is 5. The van der Waals surface area contributed by atoms with E-state index in [0.29, 0.717) is 36.6 Å². The van der Waals surface area contributed by atoms with Gasteiger partial charge in [0.1, 0.15) is 30.5 Å². The van der Waals surface area contributed by atoms with Gasteiger partial charge in [0.2, 0.25) is 0 Å². The molecule has 1 aliphatic heterocycles. The molecule has 25 heavy (non-hydrogen) atoms. The maximum atomic E-state index is 10.4. The van der Waals surface area contributed by atoms with Gasteiger partial charge in [0.05, 0.1) is 0 Å². The van der Waals surface area contributed by atoms with Gasteiger partial charge in [0.25, 0.3) is 0 Å². The van der Waals surface area contributed by atoms with E-state index >= 15 is 0 Å². The molecule has 1 unspecified atom stereocenters. The van der Waals surface area contributed by atoms with Crippen LogP contribution in [-0.2, 0) is 4.74 Å². The summed E-state index contributed by atoms with van der Waals surface area (Å²) in [7, 11) is 0. The molecule has 1 saturated heterocycles. The van der Waals surface area contributed by atoms with Crippen molar-refractivity contribution in [3.05, 3.63) is 24.3 Å². The lowest BCUT2D eigenvalue weighted by atomic mass is 10.1. The van der Waals surface area contributed by atoms with Crippen molar-refractivity contribution in [3.8, 4) is 0 Å². The van der Waals surface area contributed by atoms with Gasteiger partial charge in [-0.1, -0.05) is 12.2 Å². The van der Waals surface area contributed by atoms with Crippen molar-refractivity contribution in [1.29, 1.82) is 0 Å². The molecule has 0 aliphatic carbocycles. The normalized spacial score (nSPS) is 26.9. The van der Waals surface area contributed by atoms with Gasteiger partial charge in [-0.05, 0) is 6.92 Å². The first-order valence-corrected chi connectivity index (χ1v) is 8.07. The second-order valence-electron chi connectivity index (χ2n) is 5.87. The lowest BCUT2D eigenvalue weighted by Crippen LogP contribution is -2.37. The highest BCUT2D eigenvalue weighted by Gasteiger charge is 2.44. The van der Waals surface area contributed by atoms with Crippen LogP contribution in [-0.4, -0.2) is 67.7 Å². The van der Waals surface area contributed by atoms with Gasteiger partial charge in [-0.15, -0.1) is 0 Å². The topological polar surface area (TPSA) is 157 Å². The van der Waals surface area contributed by atoms with E-state index in [0.717, 1.165) is 0 Å². The SMILES string of the molecule is Cc1nc2c(N)ncnc2n1[C@@H]1O[C@H](CNC/C=C\CN)C(O)[C@H]1O. The maximum Gasteiger partial charge on any atom is 0.167 e. The van der Waals surface area contributed by atoms with Crippen LogP contribution >= 0.6 is 0 Å². The van der Waals surface area contributed by atoms with Crippen molar-refractivity contribution < 1.29 is 14.9 Å². The van der Waals surface area contributed by atoms with E-state index < -0.39 is 24.5 Å². The molecule has 0 saturated carbocycles. The zero-order chi connectivity index (χ0) is 18.0. The number of nitrogens with one attached hydrogen (secondary N) is 1. The van der Waals surface area contributed by atoms with Crippen molar-refractivity contribution >= 4 is 17.0 Å². The molecule has 0 spiro atoms. The molecule has 1 fully saturated rings. The quantitative estimate of drug-likeness (QED) is 0.307. The van der Waals surface area contributed by atoms with Crippen molar-refractivity contribution in [2.75, 3.05) is 25.4 Å². The number of nitrogens with two attached hydrogens (primary N) is 2. The second kappa shape index (κ2) is 7.42. The zero-order valence-corrected chi connectivity index (χ0v) is 13.9. The molecule has 4 atom stereocenters. The third-order valence-corrected chi connectivity index (χ3v) is 4.18. The summed E-state index contributed by atoms with van der Waals surface area (Å²) in [5.74, 6) is 0.822. The Balaban J connectivity index is 1.78. The number of imidazole rings is 1. The summed E-state index contributed by atoms with van der Waals surface area (Å²) in [4.78, 5) is 12.4. The number of aliphatic hydroxyl groups is 2. The zero-order valence-electron chi connectivity index (χ0n) is 13.9. The largest absolute Gasteiger partial charge is 0.387 e. The Morgan fingerprint density at radius 2 is 2.12 bits per heavy atom. The number of aliphatic hydroxyl groups excluding tert-OH is 2. The van der Waals surface area contributed by atoms with Crippen molar-refractivity contribution in [2.24, 2.45) is 5.73 Å². The Bertz CT molecular complexity index is 763. The van der Waals surface area contributed by atoms with Crippen LogP contribution in [0.15, 0.2) is 18.5 Å². The van der Waals surface area contributed by atoms with E-state index in [2.05, 4.69) is 20.3 Å². The van der Waals surface area contributed by atoms with Crippen LogP contribution in [0.3, 0.4) is 0 Å². The first-order valence-electron chi connectivity index (χ1n) is 8.07. The Morgan fingerprint density at radius 1 is 1.32 bits per heavy atom. The van der Waals surface area contributed by atoms with Crippen molar-refractivity contribution in [1.82, 2.24) is 24.8 Å². The summed E-state index contributed by atoms with van der Waals surface area (Å²) >= 11 is 0. The molecule has 2 aromatic rings. The highest BCUT2D eigenvalue weighted by molar-refractivity contribution is 5.81. The van der Waals surface area contributed by atoms with Gasteiger partial charge in [-0.2, -0.15) is 0 Å². The number of hydrogen-bond acceptors (Lipinski definition) is 9. The minimum Gasteiger partial charge on any atom is -0.387 e. The highest BCUT2D eigenvalue weighted by Crippen LogP contribution is 2.33. The van der Waals surface area contributed by atoms with Crippen LogP contribution in [0.5, 0.6) is 0 Å². The molecule has 3 rings (SSSR count). The average molecular weight is 349 g/mol. The van der Waals surface area contributed by atoms with Crippen LogP contribution in [0.1, 0.15) is 12.1 Å². The van der Waals surface area contributed by atoms with Crippen LogP contribution < -0.4 is 16.8 Å². The van der Waals surface area contributed by atoms with E-state index in [-0.39, 0.29) is 5.82 Å². The fourth-order valence-electron chi connectivity index (χ4n) is 2.94. The van der Waals surface area contributed by atoms with Crippen molar-refractivity contribution in [2.45, 2.75) is 31.5 Å². The van der Waals surface area contributed by atoms with Gasteiger partial charge in [0, 0.05) is 19.6 Å². The maximum absolute atomic E-state index is 10.4. The second-order valence-corrected chi connectivity index (χ2v) is 5.87. The Morgan fingerprint density at radius 3 is 2.88 bits per heavy atom. The van der Waals surface area contributed by atoms with E-state index in [1.54, 1.807) is 11.5 Å². The Labute approximate surface area is 144 Å². The number of anilines is 1. The summed E-state index contributed by atoms with van der Waals surface area (Å²) in [6.45, 7) is 3.21. The van der Waals surface area contributed by atoms with Crippen LogP contribution in [0.2, 0.25) is 0 Å². The number of aromatic nitrogens is 4. The molecule has 2 aromatic heterocycles. The summed E-state index contributed by atoms with van der Waals surface area (Å²) < 4.78 is 7.51. The standard InChI is InChI=1S/C15H23N7O3/c1-8-21-10-13(17)19-7-20-14(10)22(8)15-12(24)11(23)9(25-15)6-18-5-3-2-4-16/h2-3,7,9,11-12,15,18,23-24H,4-6,16H2,1H3,(H2,17,19,20)/b3-2-/t9-,11?,12-,15-/m1/s1. The lowest BCUT2D eigenvalue weighted by molar-refractivity contribution is -0.0350. The van der Waals surface area contributed by atoms with Crippen LogP contribution in [0.25, 0.3) is 11.2 Å². The molecular weight excluding hydrogens is 326 g/mol. The van der Waals surface area contributed by atoms with Gasteiger partial charge in [0.15, 0.2) is 23.2 Å². The molecule has 7 N–H and O–H groups in total. The van der Waals surface area contributed by atoms with Crippen molar-refractivity contribution in [3.63, 3.8) is 0 Å². The minimum atomic E-state index is -1.11. The summed E-state index contributed by atoms with van der Waals surface area (Å²) in [5, 5.41) is 23.9. The highest BCUT2D eigenvalue weighted by atomic mass is 16.6. The Hall–Kier alpha value is -2.11. The Kier molecular flexibility index (Phi) is 5.25. The number of aryl methyl sites for hydroxylation is 1. The third kappa shape index (κ3) is 3.34. The molecule has 3 heterocycles. The van der Waals surface area contributed by atoms with E-state index in [1.165, 1.54) is 6.33 Å².